The lowest BCUT2D eigenvalue weighted by Crippen LogP contribution is -2.61. The molecular weight excluding hydrogens is 717 g/mol. The number of anilines is 1. The van der Waals surface area contributed by atoms with Gasteiger partial charge < -0.3 is 29.7 Å². The maximum absolute atomic E-state index is 14.2. The number of rotatable bonds is 15. The fourth-order valence-corrected chi connectivity index (χ4v) is 6.52. The second-order valence-electron chi connectivity index (χ2n) is 13.6. The molecule has 2 aliphatic rings. The summed E-state index contributed by atoms with van der Waals surface area (Å²) >= 11 is 19.2. The highest BCUT2D eigenvalue weighted by molar-refractivity contribution is 6.37. The summed E-state index contributed by atoms with van der Waals surface area (Å²) in [5, 5.41) is 7.37. The minimum atomic E-state index is -0.773. The standard InChI is InChI=1S/C37H44Cl3N5O6/c1-23-15-29(39)35(30(40)16-23)50-14-13-49-33-10-8-27(18-43-33)45-31(19-41-20-34(45)47)36(48)44(26-6-7-26)21-25-17-24(5-9-28(25)38)11-12-42-32(46)22-51-37(2,3)4/h5,8-10,15-18,26,31,41H,6-7,11-14,19-22H2,1-4H3,(H,42,46)/t31-/m1/s1. The molecule has 2 N–H and O–H groups in total. The molecule has 1 saturated carbocycles. The number of nitrogens with zero attached hydrogens (tertiary/aromatic N) is 3. The van der Waals surface area contributed by atoms with Crippen LogP contribution in [-0.2, 0) is 32.1 Å². The Morgan fingerprint density at radius 3 is 2.41 bits per heavy atom. The van der Waals surface area contributed by atoms with E-state index in [1.54, 1.807) is 24.3 Å². The van der Waals surface area contributed by atoms with E-state index in [1.807, 2.05) is 50.8 Å². The van der Waals surface area contributed by atoms with Crippen molar-refractivity contribution >= 4 is 58.2 Å². The molecule has 3 amide bonds. The molecule has 2 heterocycles. The predicted octanol–water partition coefficient (Wildman–Crippen LogP) is 5.78. The average Bonchev–Trinajstić information content (AvgIpc) is 3.92. The Morgan fingerprint density at radius 2 is 1.75 bits per heavy atom. The average molecular weight is 761 g/mol. The first-order valence-corrected chi connectivity index (χ1v) is 18.1. The largest absolute Gasteiger partial charge is 0.487 e. The summed E-state index contributed by atoms with van der Waals surface area (Å²) in [7, 11) is 0. The molecule has 274 valence electrons. The van der Waals surface area contributed by atoms with Gasteiger partial charge in [0, 0.05) is 36.8 Å². The first-order valence-electron chi connectivity index (χ1n) is 17.0. The molecule has 2 fully saturated rings. The Bertz CT molecular complexity index is 1690. The van der Waals surface area contributed by atoms with Gasteiger partial charge in [-0.3, -0.25) is 19.3 Å². The Labute approximate surface area is 313 Å². The quantitative estimate of drug-likeness (QED) is 0.187. The van der Waals surface area contributed by atoms with Crippen LogP contribution in [0, 0.1) is 6.92 Å². The Kier molecular flexibility index (Phi) is 13.1. The molecule has 1 saturated heterocycles. The first kappa shape index (κ1) is 38.6. The number of hydrogen-bond acceptors (Lipinski definition) is 8. The Hall–Kier alpha value is -3.61. The molecule has 0 bridgehead atoms. The molecule has 0 spiro atoms. The topological polar surface area (TPSA) is 122 Å². The SMILES string of the molecule is Cc1cc(Cl)c(OCCOc2ccc(N3C(=O)CNC[C@@H]3C(=O)N(Cc3cc(CCNC(=O)COC(C)(C)C)ccc3Cl)C3CC3)cn2)c(Cl)c1. The van der Waals surface area contributed by atoms with Crippen LogP contribution in [0.3, 0.4) is 0 Å². The van der Waals surface area contributed by atoms with Gasteiger partial charge in [-0.2, -0.15) is 0 Å². The van der Waals surface area contributed by atoms with Gasteiger partial charge >= 0.3 is 0 Å². The summed E-state index contributed by atoms with van der Waals surface area (Å²) in [4.78, 5) is 47.4. The van der Waals surface area contributed by atoms with Gasteiger partial charge in [0.1, 0.15) is 25.9 Å². The molecule has 1 aliphatic heterocycles. The summed E-state index contributed by atoms with van der Waals surface area (Å²) in [6, 6.07) is 11.9. The minimum Gasteiger partial charge on any atom is -0.487 e. The number of hydrogen-bond donors (Lipinski definition) is 2. The van der Waals surface area contributed by atoms with Crippen molar-refractivity contribution in [1.82, 2.24) is 20.5 Å². The van der Waals surface area contributed by atoms with E-state index in [0.717, 1.165) is 29.5 Å². The molecule has 2 aromatic carbocycles. The third-order valence-electron chi connectivity index (χ3n) is 8.29. The van der Waals surface area contributed by atoms with Crippen LogP contribution in [0.1, 0.15) is 50.3 Å². The van der Waals surface area contributed by atoms with Gasteiger partial charge in [0.15, 0.2) is 5.75 Å². The van der Waals surface area contributed by atoms with Gasteiger partial charge in [-0.15, -0.1) is 0 Å². The van der Waals surface area contributed by atoms with E-state index in [-0.39, 0.29) is 50.1 Å². The fraction of sp³-hybridized carbons (Fsp3) is 0.459. The molecule has 0 radical (unpaired) electrons. The number of halogens is 3. The minimum absolute atomic E-state index is 0.00605. The lowest BCUT2D eigenvalue weighted by molar-refractivity contribution is -0.136. The zero-order chi connectivity index (χ0) is 36.7. The molecule has 5 rings (SSSR count). The second kappa shape index (κ2) is 17.3. The summed E-state index contributed by atoms with van der Waals surface area (Å²) in [5.41, 5.74) is 2.81. The maximum Gasteiger partial charge on any atom is 0.247 e. The number of benzene rings is 2. The Balaban J connectivity index is 1.20. The lowest BCUT2D eigenvalue weighted by Gasteiger charge is -2.38. The van der Waals surface area contributed by atoms with Gasteiger partial charge in [0.05, 0.1) is 34.1 Å². The number of piperazine rings is 1. The summed E-state index contributed by atoms with van der Waals surface area (Å²) < 4.78 is 17.0. The van der Waals surface area contributed by atoms with Gasteiger partial charge in [0.25, 0.3) is 0 Å². The van der Waals surface area contributed by atoms with E-state index in [4.69, 9.17) is 49.0 Å². The molecule has 51 heavy (non-hydrogen) atoms. The highest BCUT2D eigenvalue weighted by Gasteiger charge is 2.41. The smallest absolute Gasteiger partial charge is 0.247 e. The van der Waals surface area contributed by atoms with E-state index >= 15 is 0 Å². The van der Waals surface area contributed by atoms with Gasteiger partial charge in [0.2, 0.25) is 23.6 Å². The summed E-state index contributed by atoms with van der Waals surface area (Å²) in [6.45, 7) is 9.08. The monoisotopic (exact) mass is 759 g/mol. The third-order valence-corrected chi connectivity index (χ3v) is 9.22. The van der Waals surface area contributed by atoms with Crippen molar-refractivity contribution in [2.75, 3.05) is 44.4 Å². The number of carbonyl (C=O) groups excluding carboxylic acids is 3. The normalized spacial score (nSPS) is 16.2. The highest BCUT2D eigenvalue weighted by Crippen LogP contribution is 2.34. The second-order valence-corrected chi connectivity index (χ2v) is 14.9. The van der Waals surface area contributed by atoms with E-state index in [1.165, 1.54) is 11.1 Å². The van der Waals surface area contributed by atoms with Crippen molar-refractivity contribution in [1.29, 1.82) is 0 Å². The molecule has 1 aliphatic carbocycles. The highest BCUT2D eigenvalue weighted by atomic mass is 35.5. The Morgan fingerprint density at radius 1 is 1.02 bits per heavy atom. The van der Waals surface area contributed by atoms with Crippen molar-refractivity contribution in [3.8, 4) is 11.6 Å². The number of amides is 3. The summed E-state index contributed by atoms with van der Waals surface area (Å²) in [5.74, 6) is 0.142. The van der Waals surface area contributed by atoms with Gasteiger partial charge in [-0.05, 0) is 87.9 Å². The van der Waals surface area contributed by atoms with Crippen LogP contribution in [0.15, 0.2) is 48.7 Å². The van der Waals surface area contributed by atoms with Gasteiger partial charge in [-0.25, -0.2) is 4.98 Å². The van der Waals surface area contributed by atoms with Crippen molar-refractivity contribution in [2.24, 2.45) is 0 Å². The number of carbonyl (C=O) groups is 3. The maximum atomic E-state index is 14.2. The van der Waals surface area contributed by atoms with Crippen LogP contribution in [-0.4, -0.2) is 84.7 Å². The van der Waals surface area contributed by atoms with Crippen LogP contribution in [0.4, 0.5) is 5.69 Å². The number of aromatic nitrogens is 1. The van der Waals surface area contributed by atoms with Gasteiger partial charge in [-0.1, -0.05) is 46.9 Å². The number of aryl methyl sites for hydroxylation is 1. The predicted molar refractivity (Wildman–Crippen MR) is 198 cm³/mol. The van der Waals surface area contributed by atoms with Crippen molar-refractivity contribution in [3.63, 3.8) is 0 Å². The lowest BCUT2D eigenvalue weighted by atomic mass is 10.1. The molecule has 3 aromatic rings. The molecule has 11 nitrogen and oxygen atoms in total. The molecule has 14 heteroatoms. The van der Waals surface area contributed by atoms with Crippen LogP contribution >= 0.6 is 34.8 Å². The van der Waals surface area contributed by atoms with E-state index < -0.39 is 11.6 Å². The van der Waals surface area contributed by atoms with Crippen LogP contribution in [0.5, 0.6) is 11.6 Å². The van der Waals surface area contributed by atoms with Crippen molar-refractivity contribution in [2.45, 2.75) is 71.2 Å². The zero-order valence-electron chi connectivity index (χ0n) is 29.3. The molecule has 1 atom stereocenters. The van der Waals surface area contributed by atoms with E-state index in [2.05, 4.69) is 15.6 Å². The number of pyridine rings is 1. The summed E-state index contributed by atoms with van der Waals surface area (Å²) in [6.07, 6.45) is 3.87. The van der Waals surface area contributed by atoms with E-state index in [9.17, 15) is 14.4 Å². The van der Waals surface area contributed by atoms with Crippen molar-refractivity contribution < 1.29 is 28.6 Å². The van der Waals surface area contributed by atoms with Crippen molar-refractivity contribution in [3.05, 3.63) is 80.4 Å². The molecule has 1 aromatic heterocycles. The van der Waals surface area contributed by atoms with Crippen LogP contribution < -0.4 is 25.0 Å². The first-order chi connectivity index (χ1) is 24.3. The fourth-order valence-electron chi connectivity index (χ4n) is 5.63. The number of nitrogens with one attached hydrogen (secondary N) is 2. The van der Waals surface area contributed by atoms with Crippen LogP contribution in [0.25, 0.3) is 0 Å². The van der Waals surface area contributed by atoms with E-state index in [0.29, 0.717) is 58.4 Å². The number of ether oxygens (including phenoxy) is 3. The zero-order valence-corrected chi connectivity index (χ0v) is 31.5. The third kappa shape index (κ3) is 10.9. The molecular formula is C37H44Cl3N5O6. The molecule has 0 unspecified atom stereocenters. The van der Waals surface area contributed by atoms with Crippen LogP contribution in [0.2, 0.25) is 15.1 Å².